The zero-order valence-corrected chi connectivity index (χ0v) is 30.3. The van der Waals surface area contributed by atoms with Gasteiger partial charge in [0.15, 0.2) is 29.8 Å². The van der Waals surface area contributed by atoms with Crippen LogP contribution in [0, 0.1) is 25.2 Å². The third kappa shape index (κ3) is 6.20. The van der Waals surface area contributed by atoms with Gasteiger partial charge in [0.05, 0.1) is 32.4 Å². The summed E-state index contributed by atoms with van der Waals surface area (Å²) in [5.74, 6) is 0.305. The van der Waals surface area contributed by atoms with Crippen LogP contribution in [0.15, 0.2) is 11.8 Å². The van der Waals surface area contributed by atoms with Gasteiger partial charge in [-0.15, -0.1) is 0 Å². The Labute approximate surface area is 292 Å². The van der Waals surface area contributed by atoms with E-state index in [2.05, 4.69) is 27.7 Å². The third-order valence-electron chi connectivity index (χ3n) is 9.55. The van der Waals surface area contributed by atoms with Gasteiger partial charge in [0.2, 0.25) is 5.91 Å². The van der Waals surface area contributed by atoms with Gasteiger partial charge in [-0.2, -0.15) is 5.26 Å². The van der Waals surface area contributed by atoms with Crippen LogP contribution in [0.2, 0.25) is 0 Å². The first-order valence-electron chi connectivity index (χ1n) is 16.4. The van der Waals surface area contributed by atoms with Gasteiger partial charge in [-0.05, 0) is 72.2 Å². The number of nitriles is 1. The number of phenolic OH excluding ortho intramolecular Hbond substituents is 2. The predicted octanol–water partition coefficient (Wildman–Crippen LogP) is 3.95. The third-order valence-corrected chi connectivity index (χ3v) is 9.55. The van der Waals surface area contributed by atoms with Gasteiger partial charge in [-0.3, -0.25) is 9.69 Å². The summed E-state index contributed by atoms with van der Waals surface area (Å²) in [5.41, 5.74) is 3.53. The van der Waals surface area contributed by atoms with Crippen molar-refractivity contribution >= 4 is 18.1 Å². The Hall–Kier alpha value is -4.87. The Morgan fingerprint density at radius 3 is 2.36 bits per heavy atom. The zero-order chi connectivity index (χ0) is 36.8. The van der Waals surface area contributed by atoms with Gasteiger partial charge in [0.1, 0.15) is 23.4 Å². The number of aryl methyl sites for hydroxylation is 1. The smallest absolute Gasteiger partial charge is 0.408 e. The lowest BCUT2D eigenvalue weighted by Crippen LogP contribution is -2.62. The van der Waals surface area contributed by atoms with Crippen LogP contribution in [-0.2, 0) is 20.7 Å². The molecule has 2 aromatic carbocycles. The Kier molecular flexibility index (Phi) is 10.0. The van der Waals surface area contributed by atoms with E-state index in [-0.39, 0.29) is 36.6 Å². The standard InChI is InChI=1S/C36H47N5O9/c1-17-11-20-12-22-24(14-37)41-23(28(40(22)7)26(20)33(31(17)47-9)49-16-46-8)13-21-27(30(43)32(48-10)18(2)29(21)42)25(41)15-38-34(44)19(3)39-35(45)50-36(4,5)6/h11,13,19,22,24-25,28,42-43H,12,15-16H2,1-10H3,(H,38,44)(H,39,45)/t19-,22?,24-,25-,28-/m0/s1. The molecule has 3 aliphatic rings. The number of rotatable bonds is 9. The number of fused-ring (bicyclic) bond motifs is 7. The summed E-state index contributed by atoms with van der Waals surface area (Å²) in [6.07, 6.45) is 1.53. The fourth-order valence-corrected chi connectivity index (χ4v) is 7.44. The molecule has 0 spiro atoms. The monoisotopic (exact) mass is 693 g/mol. The maximum atomic E-state index is 13.4. The molecule has 0 radical (unpaired) electrons. The summed E-state index contributed by atoms with van der Waals surface area (Å²) in [4.78, 5) is 29.9. The largest absolute Gasteiger partial charge is 0.507 e. The van der Waals surface area contributed by atoms with E-state index in [4.69, 9.17) is 23.7 Å². The second kappa shape index (κ2) is 13.8. The fourth-order valence-electron chi connectivity index (χ4n) is 7.44. The number of benzene rings is 2. The van der Waals surface area contributed by atoms with Crippen LogP contribution in [0.5, 0.6) is 28.7 Å². The molecule has 5 rings (SSSR count). The number of methoxy groups -OCH3 is 3. The molecule has 2 aromatic rings. The maximum Gasteiger partial charge on any atom is 0.408 e. The number of aromatic hydroxyl groups is 2. The SMILES string of the molecule is COCOc1c(OC)c(C)cc2c1[C@@H]1C3=Cc4c(O)c(C)c(OC)c(O)c4[C@H](CNC(=O)[C@H](C)NC(=O)OC(C)(C)C)N3[C@@H](C#N)C(C2)N1C. The van der Waals surface area contributed by atoms with Crippen LogP contribution >= 0.6 is 0 Å². The van der Waals surface area contributed by atoms with Crippen LogP contribution in [0.4, 0.5) is 4.79 Å². The van der Waals surface area contributed by atoms with Crippen LogP contribution in [0.25, 0.3) is 6.08 Å². The van der Waals surface area contributed by atoms with E-state index in [1.54, 1.807) is 40.9 Å². The van der Waals surface area contributed by atoms with E-state index in [0.717, 1.165) is 16.7 Å². The first-order chi connectivity index (χ1) is 23.6. The number of ether oxygens (including phenoxy) is 5. The van der Waals surface area contributed by atoms with Crippen molar-refractivity contribution in [2.45, 2.75) is 83.8 Å². The summed E-state index contributed by atoms with van der Waals surface area (Å²) in [6, 6.07) is 1.19. The molecule has 0 aromatic heterocycles. The second-order valence-electron chi connectivity index (χ2n) is 13.9. The van der Waals surface area contributed by atoms with Crippen LogP contribution in [0.1, 0.15) is 73.2 Å². The Bertz CT molecular complexity index is 1760. The number of hydrogen-bond donors (Lipinski definition) is 4. The van der Waals surface area contributed by atoms with E-state index in [1.807, 2.05) is 18.9 Å². The number of nitrogens with zero attached hydrogens (tertiary/aromatic N) is 3. The fraction of sp³-hybridized carbons (Fsp3) is 0.528. The molecule has 0 saturated carbocycles. The molecule has 1 saturated heterocycles. The molecule has 14 heteroatoms. The van der Waals surface area contributed by atoms with Crippen molar-refractivity contribution in [1.82, 2.24) is 20.4 Å². The molecule has 0 aliphatic carbocycles. The Balaban J connectivity index is 1.67. The van der Waals surface area contributed by atoms with Crippen LogP contribution in [-0.4, -0.2) is 97.5 Å². The van der Waals surface area contributed by atoms with E-state index >= 15 is 0 Å². The minimum Gasteiger partial charge on any atom is -0.507 e. The van der Waals surface area contributed by atoms with Crippen molar-refractivity contribution in [3.05, 3.63) is 45.1 Å². The average molecular weight is 694 g/mol. The van der Waals surface area contributed by atoms with Gasteiger partial charge >= 0.3 is 6.09 Å². The number of nitrogens with one attached hydrogen (secondary N) is 2. The van der Waals surface area contributed by atoms with Gasteiger partial charge in [-0.25, -0.2) is 4.79 Å². The summed E-state index contributed by atoms with van der Waals surface area (Å²) in [6.45, 7) is 10.1. The highest BCUT2D eigenvalue weighted by molar-refractivity contribution is 5.85. The summed E-state index contributed by atoms with van der Waals surface area (Å²) in [7, 11) is 6.45. The maximum absolute atomic E-state index is 13.4. The minimum absolute atomic E-state index is 0.0314. The lowest BCUT2D eigenvalue weighted by atomic mass is 9.75. The highest BCUT2D eigenvalue weighted by Crippen LogP contribution is 2.58. The van der Waals surface area contributed by atoms with E-state index in [0.29, 0.717) is 40.3 Å². The topological polar surface area (TPSA) is 175 Å². The molecule has 2 amide bonds. The lowest BCUT2D eigenvalue weighted by Gasteiger charge is -2.57. The minimum atomic E-state index is -0.973. The number of amides is 2. The molecule has 50 heavy (non-hydrogen) atoms. The number of likely N-dealkylation sites (N-methyl/N-ethyl adjacent to an activating group) is 1. The van der Waals surface area contributed by atoms with E-state index in [9.17, 15) is 25.1 Å². The number of hydrogen-bond acceptors (Lipinski definition) is 12. The first-order valence-corrected chi connectivity index (χ1v) is 16.4. The Morgan fingerprint density at radius 2 is 1.76 bits per heavy atom. The van der Waals surface area contributed by atoms with Crippen molar-refractivity contribution in [2.24, 2.45) is 0 Å². The first kappa shape index (κ1) is 36.4. The normalized spacial score (nSPS) is 21.4. The zero-order valence-electron chi connectivity index (χ0n) is 30.3. The van der Waals surface area contributed by atoms with Gasteiger partial charge in [-0.1, -0.05) is 6.07 Å². The number of carbonyl (C=O) groups excluding carboxylic acids is 2. The molecule has 4 N–H and O–H groups in total. The highest BCUT2D eigenvalue weighted by atomic mass is 16.7. The van der Waals surface area contributed by atoms with Gasteiger partial charge in [0, 0.05) is 47.6 Å². The molecule has 5 atom stereocenters. The van der Waals surface area contributed by atoms with Gasteiger partial charge < -0.3 is 49.4 Å². The van der Waals surface area contributed by atoms with Crippen molar-refractivity contribution < 1.29 is 43.5 Å². The van der Waals surface area contributed by atoms with Crippen molar-refractivity contribution in [1.29, 1.82) is 5.26 Å². The van der Waals surface area contributed by atoms with Gasteiger partial charge in [0.25, 0.3) is 0 Å². The summed E-state index contributed by atoms with van der Waals surface area (Å²) < 4.78 is 28.1. The molecular weight excluding hydrogens is 646 g/mol. The average Bonchev–Trinajstić information content (AvgIpc) is 3.04. The molecule has 14 nitrogen and oxygen atoms in total. The van der Waals surface area contributed by atoms with Crippen molar-refractivity contribution in [3.8, 4) is 34.8 Å². The number of piperazine rings is 1. The van der Waals surface area contributed by atoms with Crippen molar-refractivity contribution in [3.63, 3.8) is 0 Å². The van der Waals surface area contributed by atoms with E-state index in [1.165, 1.54) is 21.1 Å². The molecule has 270 valence electrons. The molecule has 3 aliphatic heterocycles. The molecule has 2 bridgehead atoms. The molecule has 3 heterocycles. The van der Waals surface area contributed by atoms with E-state index < -0.39 is 41.8 Å². The number of carbonyl (C=O) groups is 2. The molecule has 1 unspecified atom stereocenters. The lowest BCUT2D eigenvalue weighted by molar-refractivity contribution is -0.123. The number of phenols is 2. The Morgan fingerprint density at radius 1 is 1.08 bits per heavy atom. The second-order valence-corrected chi connectivity index (χ2v) is 13.9. The highest BCUT2D eigenvalue weighted by Gasteiger charge is 2.53. The van der Waals surface area contributed by atoms with Crippen molar-refractivity contribution in [2.75, 3.05) is 41.7 Å². The summed E-state index contributed by atoms with van der Waals surface area (Å²) in [5, 5.41) is 39.6. The number of alkyl carbamates (subject to hydrolysis) is 1. The summed E-state index contributed by atoms with van der Waals surface area (Å²) >= 11 is 0. The van der Waals surface area contributed by atoms with Crippen LogP contribution in [0.3, 0.4) is 0 Å². The quantitative estimate of drug-likeness (QED) is 0.220. The van der Waals surface area contributed by atoms with Crippen LogP contribution < -0.4 is 24.8 Å². The predicted molar refractivity (Wildman–Crippen MR) is 183 cm³/mol. The molecule has 1 fully saturated rings. The molecular formula is C36H47N5O9.